The Hall–Kier alpha value is -1.45. The summed E-state index contributed by atoms with van der Waals surface area (Å²) in [5.41, 5.74) is 1.79. The van der Waals surface area contributed by atoms with Crippen molar-refractivity contribution in [2.45, 2.75) is 12.2 Å². The van der Waals surface area contributed by atoms with Crippen molar-refractivity contribution in [2.75, 3.05) is 0 Å². The maximum Gasteiger partial charge on any atom is 0.419 e. The Kier molecular flexibility index (Phi) is 4.35. The first-order valence-electron chi connectivity index (χ1n) is 5.76. The predicted octanol–water partition coefficient (Wildman–Crippen LogP) is 2.89. The van der Waals surface area contributed by atoms with Crippen LogP contribution in [0.5, 0.6) is 0 Å². The molecule has 1 unspecified atom stereocenters. The lowest BCUT2D eigenvalue weighted by Crippen LogP contribution is -2.31. The summed E-state index contributed by atoms with van der Waals surface area (Å²) >= 11 is 3.25. The lowest BCUT2D eigenvalue weighted by molar-refractivity contribution is -0.140. The molecule has 0 aliphatic carbocycles. The molecule has 9 heteroatoms. The Morgan fingerprint density at radius 3 is 2.52 bits per heavy atom. The van der Waals surface area contributed by atoms with Crippen LogP contribution in [0.15, 0.2) is 28.9 Å². The average Bonchev–Trinajstić information content (AvgIpc) is 2.72. The van der Waals surface area contributed by atoms with Gasteiger partial charge in [-0.1, -0.05) is 6.07 Å². The summed E-state index contributed by atoms with van der Waals surface area (Å²) in [6.45, 7) is 0. The maximum atomic E-state index is 13.3. The van der Waals surface area contributed by atoms with Crippen molar-refractivity contribution >= 4 is 15.9 Å². The molecule has 21 heavy (non-hydrogen) atoms. The minimum Gasteiger partial charge on any atom is -0.271 e. The number of benzene rings is 1. The van der Waals surface area contributed by atoms with E-state index in [4.69, 9.17) is 5.84 Å². The average molecular weight is 367 g/mol. The number of hydrogen-bond acceptors (Lipinski definition) is 3. The van der Waals surface area contributed by atoms with Gasteiger partial charge in [-0.15, -0.1) is 0 Å². The van der Waals surface area contributed by atoms with Gasteiger partial charge in [0, 0.05) is 7.05 Å². The van der Waals surface area contributed by atoms with E-state index in [9.17, 15) is 17.6 Å². The number of aryl methyl sites for hydroxylation is 1. The van der Waals surface area contributed by atoms with Crippen LogP contribution >= 0.6 is 15.9 Å². The van der Waals surface area contributed by atoms with Crippen molar-refractivity contribution in [3.8, 4) is 0 Å². The molecule has 0 aliphatic rings. The van der Waals surface area contributed by atoms with E-state index in [1.54, 1.807) is 7.05 Å². The highest BCUT2D eigenvalue weighted by Crippen LogP contribution is 2.35. The molecule has 0 amide bonds. The minimum atomic E-state index is -4.77. The number of halogens is 5. The molecule has 2 rings (SSSR count). The summed E-state index contributed by atoms with van der Waals surface area (Å²) in [7, 11) is 1.62. The number of nitrogens with one attached hydrogen (secondary N) is 1. The van der Waals surface area contributed by atoms with E-state index >= 15 is 0 Å². The molecule has 0 saturated carbocycles. The maximum absolute atomic E-state index is 13.3. The largest absolute Gasteiger partial charge is 0.419 e. The first-order valence-corrected chi connectivity index (χ1v) is 6.55. The highest BCUT2D eigenvalue weighted by molar-refractivity contribution is 9.10. The van der Waals surface area contributed by atoms with Crippen LogP contribution in [0.3, 0.4) is 0 Å². The van der Waals surface area contributed by atoms with E-state index in [0.717, 1.165) is 12.1 Å². The highest BCUT2D eigenvalue weighted by atomic mass is 79.9. The van der Waals surface area contributed by atoms with Gasteiger partial charge in [-0.2, -0.15) is 18.3 Å². The predicted molar refractivity (Wildman–Crippen MR) is 71.5 cm³/mol. The van der Waals surface area contributed by atoms with E-state index in [0.29, 0.717) is 10.2 Å². The van der Waals surface area contributed by atoms with Crippen molar-refractivity contribution in [2.24, 2.45) is 12.9 Å². The molecular weight excluding hydrogens is 356 g/mol. The van der Waals surface area contributed by atoms with Crippen molar-refractivity contribution < 1.29 is 17.6 Å². The summed E-state index contributed by atoms with van der Waals surface area (Å²) in [6.07, 6.45) is -3.28. The molecule has 4 nitrogen and oxygen atoms in total. The smallest absolute Gasteiger partial charge is 0.271 e. The Morgan fingerprint density at radius 1 is 1.38 bits per heavy atom. The van der Waals surface area contributed by atoms with Crippen LogP contribution in [-0.4, -0.2) is 9.78 Å². The van der Waals surface area contributed by atoms with Crippen molar-refractivity contribution in [1.82, 2.24) is 15.2 Å². The zero-order chi connectivity index (χ0) is 15.8. The van der Waals surface area contributed by atoms with Crippen LogP contribution in [0.4, 0.5) is 17.6 Å². The van der Waals surface area contributed by atoms with Crippen molar-refractivity contribution in [3.63, 3.8) is 0 Å². The summed E-state index contributed by atoms with van der Waals surface area (Å²) in [4.78, 5) is 0. The molecule has 0 aliphatic heterocycles. The van der Waals surface area contributed by atoms with Crippen LogP contribution in [0, 0.1) is 5.82 Å². The normalized spacial score (nSPS) is 13.5. The van der Waals surface area contributed by atoms with Crippen LogP contribution in [0.2, 0.25) is 0 Å². The molecule has 0 radical (unpaired) electrons. The van der Waals surface area contributed by atoms with Crippen molar-refractivity contribution in [3.05, 3.63) is 51.5 Å². The Labute approximate surface area is 126 Å². The lowest BCUT2D eigenvalue weighted by Gasteiger charge is -2.19. The first kappa shape index (κ1) is 15.9. The fraction of sp³-hybridized carbons (Fsp3) is 0.250. The number of aromatic nitrogens is 2. The van der Waals surface area contributed by atoms with E-state index < -0.39 is 23.6 Å². The summed E-state index contributed by atoms with van der Waals surface area (Å²) in [6, 6.07) is 1.98. The number of alkyl halides is 3. The summed E-state index contributed by atoms with van der Waals surface area (Å²) in [5.74, 6) is 4.12. The quantitative estimate of drug-likeness (QED) is 0.498. The minimum absolute atomic E-state index is 0.176. The molecular formula is C12H11BrF4N4. The van der Waals surface area contributed by atoms with Gasteiger partial charge >= 0.3 is 6.18 Å². The number of nitrogens with two attached hydrogens (primary N) is 1. The molecule has 0 saturated heterocycles. The molecule has 114 valence electrons. The van der Waals surface area contributed by atoms with Gasteiger partial charge in [0.1, 0.15) is 5.82 Å². The molecule has 3 N–H and O–H groups in total. The van der Waals surface area contributed by atoms with Gasteiger partial charge in [-0.3, -0.25) is 10.5 Å². The molecule has 0 bridgehead atoms. The van der Waals surface area contributed by atoms with Crippen LogP contribution in [0.1, 0.15) is 22.9 Å². The number of nitrogens with zero attached hydrogens (tertiary/aromatic N) is 2. The first-order chi connectivity index (χ1) is 9.75. The molecule has 1 aromatic heterocycles. The van der Waals surface area contributed by atoms with Gasteiger partial charge in [0.2, 0.25) is 0 Å². The van der Waals surface area contributed by atoms with Gasteiger partial charge in [-0.05, 0) is 33.6 Å². The third-order valence-corrected chi connectivity index (χ3v) is 3.62. The molecule has 1 aromatic carbocycles. The molecule has 1 atom stereocenters. The van der Waals surface area contributed by atoms with E-state index in [-0.39, 0.29) is 5.56 Å². The monoisotopic (exact) mass is 366 g/mol. The molecule has 0 fully saturated rings. The Morgan fingerprint density at radius 2 is 2.05 bits per heavy atom. The molecule has 1 heterocycles. The lowest BCUT2D eigenvalue weighted by atomic mass is 10.0. The fourth-order valence-electron chi connectivity index (χ4n) is 2.02. The second-order valence-corrected chi connectivity index (χ2v) is 5.19. The van der Waals surface area contributed by atoms with E-state index in [1.165, 1.54) is 16.9 Å². The van der Waals surface area contributed by atoms with Gasteiger partial charge in [0.05, 0.1) is 28.0 Å². The zero-order valence-corrected chi connectivity index (χ0v) is 12.3. The second kappa shape index (κ2) is 5.74. The zero-order valence-electron chi connectivity index (χ0n) is 10.7. The fourth-order valence-corrected chi connectivity index (χ4v) is 2.59. The van der Waals surface area contributed by atoms with Crippen LogP contribution in [-0.2, 0) is 13.2 Å². The number of hydrazine groups is 1. The topological polar surface area (TPSA) is 55.9 Å². The Bertz CT molecular complexity index is 634. The number of hydrogen-bond donors (Lipinski definition) is 2. The SMILES string of the molecule is Cn1ncc(Br)c1C(NN)c1ccc(F)c(C(F)(F)F)c1. The van der Waals surface area contributed by atoms with E-state index in [1.807, 2.05) is 0 Å². The number of rotatable bonds is 3. The van der Waals surface area contributed by atoms with Gasteiger partial charge in [-0.25, -0.2) is 9.82 Å². The summed E-state index contributed by atoms with van der Waals surface area (Å²) in [5, 5.41) is 3.98. The van der Waals surface area contributed by atoms with Gasteiger partial charge in [0.15, 0.2) is 0 Å². The summed E-state index contributed by atoms with van der Waals surface area (Å²) < 4.78 is 53.7. The standard InChI is InChI=1S/C12H11BrF4N4/c1-21-11(8(13)5-19-21)10(20-18)6-2-3-9(14)7(4-6)12(15,16)17/h2-5,10,20H,18H2,1H3. The third-order valence-electron chi connectivity index (χ3n) is 3.01. The molecule has 0 spiro atoms. The van der Waals surface area contributed by atoms with Gasteiger partial charge in [0.25, 0.3) is 0 Å². The Balaban J connectivity index is 2.54. The second-order valence-electron chi connectivity index (χ2n) is 4.34. The van der Waals surface area contributed by atoms with Crippen molar-refractivity contribution in [1.29, 1.82) is 0 Å². The van der Waals surface area contributed by atoms with Crippen LogP contribution < -0.4 is 11.3 Å². The van der Waals surface area contributed by atoms with Gasteiger partial charge < -0.3 is 0 Å². The van der Waals surface area contributed by atoms with E-state index in [2.05, 4.69) is 26.5 Å². The highest BCUT2D eigenvalue weighted by Gasteiger charge is 2.35. The van der Waals surface area contributed by atoms with Crippen LogP contribution in [0.25, 0.3) is 0 Å². The third kappa shape index (κ3) is 3.09. The molecule has 2 aromatic rings.